The number of imidazole rings is 1. The smallest absolute Gasteiger partial charge is 0.296 e. The van der Waals surface area contributed by atoms with Gasteiger partial charge in [-0.15, -0.1) is 0 Å². The van der Waals surface area contributed by atoms with Gasteiger partial charge >= 0.3 is 0 Å². The highest BCUT2D eigenvalue weighted by atomic mass is 35.5. The number of hydrogen-bond acceptors (Lipinski definition) is 8. The average Bonchev–Trinajstić information content (AvgIpc) is 3.43. The van der Waals surface area contributed by atoms with Gasteiger partial charge in [-0.1, -0.05) is 17.7 Å². The molecule has 2 fully saturated rings. The zero-order chi connectivity index (χ0) is 22.2. The standard InChI is InChI=1S/C20H22ClF2N7O2/c1-31-13-5-2-4-12-15(13)24-17(16(22)23)30(12)20-26-18(28-8-10-32-11-9-28)25-19(27-20)29-7-3-6-14(29)21/h2,4-5,14,16H,3,6-11H2,1H3. The highest BCUT2D eigenvalue weighted by Crippen LogP contribution is 2.33. The number of aromatic nitrogens is 5. The molecule has 0 saturated carbocycles. The number of methoxy groups -OCH3 is 1. The first-order valence-electron chi connectivity index (χ1n) is 10.4. The first kappa shape index (κ1) is 21.1. The maximum absolute atomic E-state index is 14.1. The molecule has 0 amide bonds. The molecule has 0 aliphatic carbocycles. The van der Waals surface area contributed by atoms with Crippen molar-refractivity contribution < 1.29 is 18.3 Å². The van der Waals surface area contributed by atoms with Crippen LogP contribution in [-0.2, 0) is 4.74 Å². The fraction of sp³-hybridized carbons (Fsp3) is 0.500. The third-order valence-corrected chi connectivity index (χ3v) is 6.07. The quantitative estimate of drug-likeness (QED) is 0.420. The Labute approximate surface area is 187 Å². The molecular weight excluding hydrogens is 444 g/mol. The number of nitrogens with zero attached hydrogens (tertiary/aromatic N) is 7. The topological polar surface area (TPSA) is 81.4 Å². The van der Waals surface area contributed by atoms with Crippen molar-refractivity contribution in [1.82, 2.24) is 24.5 Å². The number of anilines is 2. The van der Waals surface area contributed by atoms with E-state index in [4.69, 9.17) is 21.1 Å². The van der Waals surface area contributed by atoms with Gasteiger partial charge in [0.2, 0.25) is 17.8 Å². The summed E-state index contributed by atoms with van der Waals surface area (Å²) in [7, 11) is 1.47. The SMILES string of the molecule is COc1cccc2c1nc(C(F)F)n2-c1nc(N2CCOCC2)nc(N2CCCC2Cl)n1. The number of ether oxygens (including phenoxy) is 2. The molecular formula is C20H22ClF2N7O2. The maximum Gasteiger partial charge on any atom is 0.296 e. The number of fused-ring (bicyclic) bond motifs is 1. The van der Waals surface area contributed by atoms with E-state index in [1.807, 2.05) is 9.80 Å². The normalized spacial score (nSPS) is 19.3. The van der Waals surface area contributed by atoms with Gasteiger partial charge in [-0.2, -0.15) is 15.0 Å². The molecule has 4 heterocycles. The van der Waals surface area contributed by atoms with E-state index in [1.165, 1.54) is 11.7 Å². The van der Waals surface area contributed by atoms with Gasteiger partial charge in [0.05, 0.1) is 25.8 Å². The lowest BCUT2D eigenvalue weighted by Gasteiger charge is -2.28. The highest BCUT2D eigenvalue weighted by molar-refractivity contribution is 6.21. The Balaban J connectivity index is 1.72. The van der Waals surface area contributed by atoms with Crippen molar-refractivity contribution in [3.05, 3.63) is 24.0 Å². The summed E-state index contributed by atoms with van der Waals surface area (Å²) in [5.74, 6) is 0.760. The molecule has 0 radical (unpaired) electrons. The molecule has 170 valence electrons. The van der Waals surface area contributed by atoms with Gasteiger partial charge in [0.25, 0.3) is 6.43 Å². The minimum Gasteiger partial charge on any atom is -0.494 e. The highest BCUT2D eigenvalue weighted by Gasteiger charge is 2.29. The molecule has 1 aromatic carbocycles. The number of alkyl halides is 3. The maximum atomic E-state index is 14.1. The third kappa shape index (κ3) is 3.69. The van der Waals surface area contributed by atoms with Gasteiger partial charge in [-0.3, -0.25) is 4.57 Å². The Morgan fingerprint density at radius 2 is 1.81 bits per heavy atom. The number of halogens is 3. The van der Waals surface area contributed by atoms with Crippen LogP contribution in [0.3, 0.4) is 0 Å². The lowest BCUT2D eigenvalue weighted by Crippen LogP contribution is -2.38. The molecule has 1 unspecified atom stereocenters. The van der Waals surface area contributed by atoms with Crippen LogP contribution in [0.15, 0.2) is 18.2 Å². The summed E-state index contributed by atoms with van der Waals surface area (Å²) in [6.45, 7) is 2.93. The van der Waals surface area contributed by atoms with E-state index in [0.29, 0.717) is 61.5 Å². The summed E-state index contributed by atoms with van der Waals surface area (Å²) in [5, 5.41) is 0. The van der Waals surface area contributed by atoms with Gasteiger partial charge < -0.3 is 19.3 Å². The fourth-order valence-corrected chi connectivity index (χ4v) is 4.38. The molecule has 1 atom stereocenters. The summed E-state index contributed by atoms with van der Waals surface area (Å²) in [4.78, 5) is 21.8. The number of benzene rings is 1. The second kappa shape index (κ2) is 8.62. The van der Waals surface area contributed by atoms with E-state index < -0.39 is 12.2 Å². The van der Waals surface area contributed by atoms with Crippen LogP contribution in [0.25, 0.3) is 17.0 Å². The summed E-state index contributed by atoms with van der Waals surface area (Å²) >= 11 is 6.48. The predicted molar refractivity (Wildman–Crippen MR) is 115 cm³/mol. The van der Waals surface area contributed by atoms with Crippen LogP contribution >= 0.6 is 11.6 Å². The summed E-state index contributed by atoms with van der Waals surface area (Å²) < 4.78 is 40.1. The minimum atomic E-state index is -2.84. The van der Waals surface area contributed by atoms with Crippen LogP contribution in [0.5, 0.6) is 5.75 Å². The third-order valence-electron chi connectivity index (χ3n) is 5.62. The molecule has 0 spiro atoms. The molecule has 12 heteroatoms. The van der Waals surface area contributed by atoms with Gasteiger partial charge in [-0.25, -0.2) is 13.8 Å². The van der Waals surface area contributed by atoms with Crippen molar-refractivity contribution in [2.45, 2.75) is 24.8 Å². The molecule has 2 aromatic heterocycles. The van der Waals surface area contributed by atoms with Crippen molar-refractivity contribution in [2.75, 3.05) is 49.8 Å². The molecule has 0 bridgehead atoms. The lowest BCUT2D eigenvalue weighted by molar-refractivity contribution is 0.122. The fourth-order valence-electron chi connectivity index (χ4n) is 4.04. The Morgan fingerprint density at radius 3 is 2.50 bits per heavy atom. The molecule has 3 aromatic rings. The first-order valence-corrected chi connectivity index (χ1v) is 10.8. The lowest BCUT2D eigenvalue weighted by atomic mass is 10.3. The van der Waals surface area contributed by atoms with Gasteiger partial charge in [0.15, 0.2) is 5.82 Å². The Bertz CT molecular complexity index is 1120. The predicted octanol–water partition coefficient (Wildman–Crippen LogP) is 3.16. The van der Waals surface area contributed by atoms with Crippen molar-refractivity contribution >= 4 is 34.5 Å². The Morgan fingerprint density at radius 1 is 1.06 bits per heavy atom. The molecule has 9 nitrogen and oxygen atoms in total. The second-order valence-corrected chi connectivity index (χ2v) is 8.04. The van der Waals surface area contributed by atoms with Crippen molar-refractivity contribution in [2.24, 2.45) is 0 Å². The monoisotopic (exact) mass is 465 g/mol. The summed E-state index contributed by atoms with van der Waals surface area (Å²) in [6, 6.07) is 5.08. The number of rotatable bonds is 5. The molecule has 0 N–H and O–H groups in total. The van der Waals surface area contributed by atoms with Crippen LogP contribution < -0.4 is 14.5 Å². The van der Waals surface area contributed by atoms with Crippen LogP contribution in [-0.4, -0.2) is 70.0 Å². The van der Waals surface area contributed by atoms with E-state index in [9.17, 15) is 8.78 Å². The Hall–Kier alpha value is -2.79. The van der Waals surface area contributed by atoms with Crippen molar-refractivity contribution in [3.63, 3.8) is 0 Å². The Kier molecular flexibility index (Phi) is 5.68. The van der Waals surface area contributed by atoms with E-state index >= 15 is 0 Å². The van der Waals surface area contributed by atoms with E-state index in [1.54, 1.807) is 18.2 Å². The van der Waals surface area contributed by atoms with Gasteiger partial charge in [0.1, 0.15) is 16.8 Å². The largest absolute Gasteiger partial charge is 0.494 e. The van der Waals surface area contributed by atoms with Gasteiger partial charge in [0, 0.05) is 19.6 Å². The van der Waals surface area contributed by atoms with Crippen LogP contribution in [0, 0.1) is 0 Å². The minimum absolute atomic E-state index is 0.0679. The summed E-state index contributed by atoms with van der Waals surface area (Å²) in [6.07, 6.45) is -1.15. The summed E-state index contributed by atoms with van der Waals surface area (Å²) in [5.41, 5.74) is 0.474. The molecule has 5 rings (SSSR count). The first-order chi connectivity index (χ1) is 15.6. The van der Waals surface area contributed by atoms with Crippen molar-refractivity contribution in [1.29, 1.82) is 0 Å². The zero-order valence-electron chi connectivity index (χ0n) is 17.4. The van der Waals surface area contributed by atoms with E-state index in [0.717, 1.165) is 12.8 Å². The second-order valence-electron chi connectivity index (χ2n) is 7.54. The number of morpholine rings is 1. The van der Waals surface area contributed by atoms with E-state index in [-0.39, 0.29) is 11.4 Å². The number of para-hydroxylation sites is 1. The van der Waals surface area contributed by atoms with Crippen LogP contribution in [0.2, 0.25) is 0 Å². The average molecular weight is 466 g/mol. The number of hydrogen-bond donors (Lipinski definition) is 0. The van der Waals surface area contributed by atoms with Crippen LogP contribution in [0.1, 0.15) is 25.1 Å². The molecule has 2 aliphatic heterocycles. The zero-order valence-corrected chi connectivity index (χ0v) is 18.2. The molecule has 2 saturated heterocycles. The van der Waals surface area contributed by atoms with Crippen LogP contribution in [0.4, 0.5) is 20.7 Å². The molecule has 32 heavy (non-hydrogen) atoms. The van der Waals surface area contributed by atoms with Gasteiger partial charge in [-0.05, 0) is 25.0 Å². The van der Waals surface area contributed by atoms with Crippen molar-refractivity contribution in [3.8, 4) is 11.7 Å². The molecule has 2 aliphatic rings. The van der Waals surface area contributed by atoms with E-state index in [2.05, 4.69) is 19.9 Å².